The monoisotopic (exact) mass is 364 g/mol. The normalized spacial score (nSPS) is 11.9. The topological polar surface area (TPSA) is 68.0 Å². The summed E-state index contributed by atoms with van der Waals surface area (Å²) >= 11 is 1.49. The molecule has 0 radical (unpaired) electrons. The average Bonchev–Trinajstić information content (AvgIpc) is 3.14. The van der Waals surface area contributed by atoms with E-state index in [0.29, 0.717) is 17.0 Å². The summed E-state index contributed by atoms with van der Waals surface area (Å²) in [7, 11) is 0. The predicted molar refractivity (Wildman–Crippen MR) is 90.2 cm³/mol. The molecule has 6 nitrogen and oxygen atoms in total. The van der Waals surface area contributed by atoms with Crippen LogP contribution in [0.4, 0.5) is 8.78 Å². The lowest BCUT2D eigenvalue weighted by Gasteiger charge is -2.06. The van der Waals surface area contributed by atoms with Crippen molar-refractivity contribution in [3.63, 3.8) is 0 Å². The summed E-state index contributed by atoms with van der Waals surface area (Å²) in [5.41, 5.74) is 4.35. The zero-order chi connectivity index (χ0) is 17.8. The molecule has 0 saturated carbocycles. The van der Waals surface area contributed by atoms with Gasteiger partial charge < -0.3 is 4.74 Å². The van der Waals surface area contributed by atoms with E-state index in [1.807, 2.05) is 16.0 Å². The van der Waals surface area contributed by atoms with Gasteiger partial charge in [-0.15, -0.1) is 11.3 Å². The number of hydrazone groups is 1. The highest BCUT2D eigenvalue weighted by atomic mass is 32.1. The Labute approximate surface area is 145 Å². The molecule has 25 heavy (non-hydrogen) atoms. The number of thiazole rings is 1. The fourth-order valence-electron chi connectivity index (χ4n) is 2.15. The van der Waals surface area contributed by atoms with Crippen molar-refractivity contribution >= 4 is 27.9 Å². The van der Waals surface area contributed by atoms with E-state index in [2.05, 4.69) is 20.2 Å². The van der Waals surface area contributed by atoms with E-state index in [4.69, 9.17) is 0 Å². The summed E-state index contributed by atoms with van der Waals surface area (Å²) in [4.78, 5) is 17.1. The number of rotatable bonds is 6. The molecule has 2 heterocycles. The van der Waals surface area contributed by atoms with E-state index < -0.39 is 6.61 Å². The smallest absolute Gasteiger partial charge is 0.387 e. The van der Waals surface area contributed by atoms with E-state index in [-0.39, 0.29) is 18.1 Å². The third-order valence-electron chi connectivity index (χ3n) is 3.33. The maximum Gasteiger partial charge on any atom is 0.387 e. The summed E-state index contributed by atoms with van der Waals surface area (Å²) in [5.74, 6) is -0.224. The van der Waals surface area contributed by atoms with Crippen LogP contribution in [0.3, 0.4) is 0 Å². The summed E-state index contributed by atoms with van der Waals surface area (Å²) in [6, 6.07) is 6.01. The van der Waals surface area contributed by atoms with Crippen LogP contribution in [0.25, 0.3) is 4.96 Å². The molecule has 0 spiro atoms. The second kappa shape index (κ2) is 7.39. The van der Waals surface area contributed by atoms with Crippen molar-refractivity contribution in [1.82, 2.24) is 14.8 Å². The number of carbonyl (C=O) groups is 1. The fourth-order valence-corrected chi connectivity index (χ4v) is 2.87. The van der Waals surface area contributed by atoms with Crippen LogP contribution < -0.4 is 10.2 Å². The summed E-state index contributed by atoms with van der Waals surface area (Å²) in [6.07, 6.45) is 3.79. The first-order valence-corrected chi connectivity index (χ1v) is 8.18. The van der Waals surface area contributed by atoms with Gasteiger partial charge in [-0.1, -0.05) is 0 Å². The molecular weight excluding hydrogens is 350 g/mol. The van der Waals surface area contributed by atoms with Crippen molar-refractivity contribution in [2.75, 3.05) is 0 Å². The largest absolute Gasteiger partial charge is 0.435 e. The number of halogens is 2. The number of nitrogens with one attached hydrogen (secondary N) is 1. The van der Waals surface area contributed by atoms with Gasteiger partial charge in [0.25, 0.3) is 0 Å². The molecule has 0 saturated heterocycles. The van der Waals surface area contributed by atoms with Gasteiger partial charge in [0.2, 0.25) is 5.91 Å². The van der Waals surface area contributed by atoms with Crippen molar-refractivity contribution in [3.8, 4) is 5.75 Å². The minimum absolute atomic E-state index is 0.0651. The van der Waals surface area contributed by atoms with Crippen LogP contribution >= 0.6 is 11.3 Å². The van der Waals surface area contributed by atoms with Gasteiger partial charge in [-0.2, -0.15) is 13.9 Å². The number of carbonyl (C=O) groups excluding carboxylic acids is 1. The van der Waals surface area contributed by atoms with Gasteiger partial charge in [-0.05, 0) is 36.8 Å². The number of ether oxygens (including phenoxy) is 1. The molecule has 9 heteroatoms. The maximum atomic E-state index is 12.1. The molecule has 1 amide bonds. The zero-order valence-corrected chi connectivity index (χ0v) is 14.0. The number of amides is 1. The summed E-state index contributed by atoms with van der Waals surface area (Å²) in [6.45, 7) is -1.16. The molecule has 0 fully saturated rings. The number of nitrogens with zero attached hydrogens (tertiary/aromatic N) is 3. The third-order valence-corrected chi connectivity index (χ3v) is 4.10. The second-order valence-corrected chi connectivity index (χ2v) is 6.01. The Hall–Kier alpha value is -2.81. The SMILES string of the molecule is CC(=NNC(=O)Cc1cn2ccsc2n1)c1ccc(OC(F)F)cc1. The van der Waals surface area contributed by atoms with Gasteiger partial charge in [0, 0.05) is 17.8 Å². The van der Waals surface area contributed by atoms with Gasteiger partial charge in [0.15, 0.2) is 4.96 Å². The van der Waals surface area contributed by atoms with Gasteiger partial charge in [0.1, 0.15) is 5.75 Å². The Kier molecular flexibility index (Phi) is 5.03. The molecule has 0 aliphatic carbocycles. The Morgan fingerprint density at radius 1 is 1.40 bits per heavy atom. The third kappa shape index (κ3) is 4.38. The van der Waals surface area contributed by atoms with Crippen molar-refractivity contribution in [3.05, 3.63) is 53.3 Å². The Morgan fingerprint density at radius 3 is 2.84 bits per heavy atom. The van der Waals surface area contributed by atoms with Gasteiger partial charge in [-0.25, -0.2) is 10.4 Å². The lowest BCUT2D eigenvalue weighted by atomic mass is 10.1. The molecule has 130 valence electrons. The first-order chi connectivity index (χ1) is 12.0. The van der Waals surface area contributed by atoms with Crippen LogP contribution in [0.2, 0.25) is 0 Å². The Morgan fingerprint density at radius 2 is 2.16 bits per heavy atom. The summed E-state index contributed by atoms with van der Waals surface area (Å²) < 4.78 is 30.4. The van der Waals surface area contributed by atoms with E-state index in [9.17, 15) is 13.6 Å². The highest BCUT2D eigenvalue weighted by Crippen LogP contribution is 2.15. The van der Waals surface area contributed by atoms with Crippen LogP contribution in [-0.2, 0) is 11.2 Å². The number of hydrogen-bond acceptors (Lipinski definition) is 5. The minimum atomic E-state index is -2.86. The summed E-state index contributed by atoms with van der Waals surface area (Å²) in [5, 5.41) is 5.93. The molecule has 3 aromatic rings. The van der Waals surface area contributed by atoms with Crippen LogP contribution in [0.5, 0.6) is 5.75 Å². The molecule has 0 aliphatic heterocycles. The predicted octanol–water partition coefficient (Wildman–Crippen LogP) is 3.08. The van der Waals surface area contributed by atoms with Gasteiger partial charge >= 0.3 is 6.61 Å². The number of imidazole rings is 1. The van der Waals surface area contributed by atoms with Gasteiger partial charge in [-0.3, -0.25) is 9.20 Å². The highest BCUT2D eigenvalue weighted by Gasteiger charge is 2.08. The van der Waals surface area contributed by atoms with Crippen LogP contribution in [-0.4, -0.2) is 27.6 Å². The molecular formula is C16H14F2N4O2S. The zero-order valence-electron chi connectivity index (χ0n) is 13.1. The second-order valence-electron chi connectivity index (χ2n) is 5.14. The van der Waals surface area contributed by atoms with Crippen LogP contribution in [0.1, 0.15) is 18.2 Å². The quantitative estimate of drug-likeness (QED) is 0.540. The fraction of sp³-hybridized carbons (Fsp3) is 0.188. The molecule has 0 atom stereocenters. The molecule has 1 aromatic carbocycles. The maximum absolute atomic E-state index is 12.1. The van der Waals surface area contributed by atoms with Crippen molar-refractivity contribution in [2.45, 2.75) is 20.0 Å². The number of hydrogen-bond donors (Lipinski definition) is 1. The van der Waals surface area contributed by atoms with Crippen molar-refractivity contribution < 1.29 is 18.3 Å². The van der Waals surface area contributed by atoms with Gasteiger partial charge in [0.05, 0.1) is 17.8 Å². The average molecular weight is 364 g/mol. The first-order valence-electron chi connectivity index (χ1n) is 7.31. The van der Waals surface area contributed by atoms with E-state index >= 15 is 0 Å². The molecule has 0 bridgehead atoms. The van der Waals surface area contributed by atoms with E-state index in [1.165, 1.54) is 23.5 Å². The Balaban J connectivity index is 1.58. The van der Waals surface area contributed by atoms with Crippen molar-refractivity contribution in [1.29, 1.82) is 0 Å². The number of alkyl halides is 2. The number of benzene rings is 1. The number of fused-ring (bicyclic) bond motifs is 1. The van der Waals surface area contributed by atoms with E-state index in [0.717, 1.165) is 4.96 Å². The van der Waals surface area contributed by atoms with Crippen LogP contribution in [0.15, 0.2) is 47.1 Å². The minimum Gasteiger partial charge on any atom is -0.435 e. The molecule has 2 aromatic heterocycles. The Bertz CT molecular complexity index is 874. The van der Waals surface area contributed by atoms with E-state index in [1.54, 1.807) is 25.3 Å². The molecule has 0 aliphatic rings. The lowest BCUT2D eigenvalue weighted by molar-refractivity contribution is -0.120. The molecule has 1 N–H and O–H groups in total. The molecule has 3 rings (SSSR count). The molecule has 0 unspecified atom stereocenters. The lowest BCUT2D eigenvalue weighted by Crippen LogP contribution is -2.21. The first kappa shape index (κ1) is 17.0. The highest BCUT2D eigenvalue weighted by molar-refractivity contribution is 7.15. The standard InChI is InChI=1S/C16H14F2N4O2S/c1-10(11-2-4-13(5-3-11)24-15(17)18)20-21-14(23)8-12-9-22-6-7-25-16(22)19-12/h2-7,9,15H,8H2,1H3,(H,21,23). The van der Waals surface area contributed by atoms with Crippen LogP contribution in [0, 0.1) is 0 Å². The van der Waals surface area contributed by atoms with Crippen molar-refractivity contribution in [2.24, 2.45) is 5.10 Å². The number of aromatic nitrogens is 2.